The number of furan rings is 1. The van der Waals surface area contributed by atoms with Crippen LogP contribution in [0.2, 0.25) is 5.02 Å². The van der Waals surface area contributed by atoms with Gasteiger partial charge in [-0.05, 0) is 42.5 Å². The fourth-order valence-corrected chi connectivity index (χ4v) is 5.10. The Morgan fingerprint density at radius 1 is 1.06 bits per heavy atom. The average molecular weight is 493 g/mol. The number of ether oxygens (including phenoxy) is 2. The molecule has 3 rings (SSSR count). The molecule has 0 fully saturated rings. The van der Waals surface area contributed by atoms with Crippen LogP contribution in [0.15, 0.2) is 63.9 Å². The number of carbonyl (C=O) groups excluding carboxylic acids is 1. The highest BCUT2D eigenvalue weighted by Gasteiger charge is 2.25. The van der Waals surface area contributed by atoms with Crippen LogP contribution in [0, 0.1) is 0 Å². The summed E-state index contributed by atoms with van der Waals surface area (Å²) in [4.78, 5) is 12.6. The van der Waals surface area contributed by atoms with E-state index in [1.165, 1.54) is 28.6 Å². The van der Waals surface area contributed by atoms with Gasteiger partial charge in [-0.3, -0.25) is 4.79 Å². The SMILES string of the molecule is CCN(CC)S(=O)(=O)c1cc(NC(=O)c2ccc(COc3ccccc3OC)o2)ccc1Cl. The highest BCUT2D eigenvalue weighted by atomic mass is 35.5. The van der Waals surface area contributed by atoms with Crippen molar-refractivity contribution in [1.29, 1.82) is 0 Å². The summed E-state index contributed by atoms with van der Waals surface area (Å²) < 4.78 is 43.5. The minimum atomic E-state index is -3.79. The first kappa shape index (κ1) is 24.6. The number of halogens is 1. The van der Waals surface area contributed by atoms with Crippen molar-refractivity contribution in [2.24, 2.45) is 0 Å². The number of hydrogen-bond donors (Lipinski definition) is 1. The molecule has 0 atom stereocenters. The van der Waals surface area contributed by atoms with E-state index >= 15 is 0 Å². The van der Waals surface area contributed by atoms with E-state index in [0.717, 1.165) is 0 Å². The second-order valence-corrected chi connectivity index (χ2v) is 9.21. The van der Waals surface area contributed by atoms with Crippen molar-refractivity contribution in [3.8, 4) is 11.5 Å². The number of rotatable bonds is 10. The Labute approximate surface area is 198 Å². The fraction of sp³-hybridized carbons (Fsp3) is 0.261. The Hall–Kier alpha value is -3.01. The fourth-order valence-electron chi connectivity index (χ4n) is 3.14. The molecule has 0 radical (unpaired) electrons. The topological polar surface area (TPSA) is 98.1 Å². The van der Waals surface area contributed by atoms with E-state index in [9.17, 15) is 13.2 Å². The largest absolute Gasteiger partial charge is 0.493 e. The van der Waals surface area contributed by atoms with Crippen molar-refractivity contribution in [1.82, 2.24) is 4.31 Å². The third kappa shape index (κ3) is 5.68. The van der Waals surface area contributed by atoms with Crippen LogP contribution in [0.1, 0.15) is 30.2 Å². The van der Waals surface area contributed by atoms with Crippen molar-refractivity contribution < 1.29 is 27.1 Å². The lowest BCUT2D eigenvalue weighted by atomic mass is 10.3. The average Bonchev–Trinajstić information content (AvgIpc) is 3.29. The van der Waals surface area contributed by atoms with Crippen LogP contribution in [-0.2, 0) is 16.6 Å². The van der Waals surface area contributed by atoms with Gasteiger partial charge in [0.05, 0.1) is 12.1 Å². The van der Waals surface area contributed by atoms with Gasteiger partial charge in [0.2, 0.25) is 10.0 Å². The summed E-state index contributed by atoms with van der Waals surface area (Å²) in [6, 6.07) is 14.6. The Morgan fingerprint density at radius 2 is 1.76 bits per heavy atom. The van der Waals surface area contributed by atoms with Gasteiger partial charge in [0.15, 0.2) is 17.3 Å². The van der Waals surface area contributed by atoms with Gasteiger partial charge in [-0.1, -0.05) is 37.6 Å². The molecule has 0 saturated heterocycles. The molecule has 176 valence electrons. The number of carbonyl (C=O) groups is 1. The maximum atomic E-state index is 12.8. The quantitative estimate of drug-likeness (QED) is 0.436. The van der Waals surface area contributed by atoms with Crippen LogP contribution in [-0.4, -0.2) is 38.8 Å². The summed E-state index contributed by atoms with van der Waals surface area (Å²) in [5.74, 6) is 1.08. The van der Waals surface area contributed by atoms with Crippen molar-refractivity contribution in [2.75, 3.05) is 25.5 Å². The maximum Gasteiger partial charge on any atom is 0.291 e. The molecule has 10 heteroatoms. The molecular weight excluding hydrogens is 468 g/mol. The normalized spacial score (nSPS) is 11.4. The van der Waals surface area contributed by atoms with Gasteiger partial charge < -0.3 is 19.2 Å². The van der Waals surface area contributed by atoms with Gasteiger partial charge in [-0.2, -0.15) is 4.31 Å². The minimum absolute atomic E-state index is 0.0525. The molecule has 0 saturated carbocycles. The molecule has 0 spiro atoms. The van der Waals surface area contributed by atoms with Gasteiger partial charge in [0.1, 0.15) is 17.3 Å². The summed E-state index contributed by atoms with van der Waals surface area (Å²) in [5, 5.41) is 2.72. The molecule has 1 N–H and O–H groups in total. The molecule has 1 amide bonds. The molecule has 3 aromatic rings. The molecule has 0 unspecified atom stereocenters. The molecule has 33 heavy (non-hydrogen) atoms. The number of para-hydroxylation sites is 2. The van der Waals surface area contributed by atoms with Gasteiger partial charge in [-0.15, -0.1) is 0 Å². The zero-order chi connectivity index (χ0) is 24.0. The first-order valence-corrected chi connectivity index (χ1v) is 12.1. The molecule has 0 aliphatic carbocycles. The lowest BCUT2D eigenvalue weighted by molar-refractivity contribution is 0.0992. The number of sulfonamides is 1. The lowest BCUT2D eigenvalue weighted by Gasteiger charge is -2.19. The third-order valence-electron chi connectivity index (χ3n) is 4.84. The van der Waals surface area contributed by atoms with E-state index in [1.807, 2.05) is 12.1 Å². The predicted molar refractivity (Wildman–Crippen MR) is 126 cm³/mol. The smallest absolute Gasteiger partial charge is 0.291 e. The number of nitrogens with zero attached hydrogens (tertiary/aromatic N) is 1. The predicted octanol–water partition coefficient (Wildman–Crippen LogP) is 4.80. The second kappa shape index (κ2) is 10.7. The summed E-state index contributed by atoms with van der Waals surface area (Å²) >= 11 is 6.14. The molecular formula is C23H25ClN2O6S. The molecule has 0 aliphatic rings. The molecule has 0 bridgehead atoms. The zero-order valence-electron chi connectivity index (χ0n) is 18.5. The van der Waals surface area contributed by atoms with Crippen LogP contribution in [0.4, 0.5) is 5.69 Å². The Balaban J connectivity index is 1.72. The third-order valence-corrected chi connectivity index (χ3v) is 7.37. The highest BCUT2D eigenvalue weighted by molar-refractivity contribution is 7.89. The van der Waals surface area contributed by atoms with E-state index in [-0.39, 0.29) is 28.0 Å². The van der Waals surface area contributed by atoms with E-state index in [4.69, 9.17) is 25.5 Å². The second-order valence-electron chi connectivity index (χ2n) is 6.89. The monoisotopic (exact) mass is 492 g/mol. The number of nitrogens with one attached hydrogen (secondary N) is 1. The van der Waals surface area contributed by atoms with E-state index < -0.39 is 15.9 Å². The van der Waals surface area contributed by atoms with E-state index in [1.54, 1.807) is 39.2 Å². The number of methoxy groups -OCH3 is 1. The molecule has 2 aromatic carbocycles. The number of benzene rings is 2. The zero-order valence-corrected chi connectivity index (χ0v) is 20.1. The van der Waals surface area contributed by atoms with E-state index in [2.05, 4.69) is 5.32 Å². The summed E-state index contributed by atoms with van der Waals surface area (Å²) in [6.45, 7) is 4.19. The number of hydrogen-bond acceptors (Lipinski definition) is 6. The first-order chi connectivity index (χ1) is 15.8. The van der Waals surface area contributed by atoms with Gasteiger partial charge in [0, 0.05) is 18.8 Å². The van der Waals surface area contributed by atoms with Crippen LogP contribution >= 0.6 is 11.6 Å². The van der Waals surface area contributed by atoms with Gasteiger partial charge in [-0.25, -0.2) is 8.42 Å². The lowest BCUT2D eigenvalue weighted by Crippen LogP contribution is -2.30. The van der Waals surface area contributed by atoms with Gasteiger partial charge in [0.25, 0.3) is 5.91 Å². The van der Waals surface area contributed by atoms with Crippen molar-refractivity contribution in [2.45, 2.75) is 25.3 Å². The molecule has 8 nitrogen and oxygen atoms in total. The van der Waals surface area contributed by atoms with Gasteiger partial charge >= 0.3 is 0 Å². The van der Waals surface area contributed by atoms with Crippen LogP contribution in [0.5, 0.6) is 11.5 Å². The standard InChI is InChI=1S/C23H25ClN2O6S/c1-4-26(5-2)33(28,29)22-14-16(10-12-18(22)24)25-23(27)21-13-11-17(32-21)15-31-20-9-7-6-8-19(20)30-3/h6-14H,4-5,15H2,1-3H3,(H,25,27). The van der Waals surface area contributed by atoms with Crippen molar-refractivity contribution in [3.63, 3.8) is 0 Å². The summed E-state index contributed by atoms with van der Waals surface area (Å²) in [7, 11) is -2.24. The Kier molecular flexibility index (Phi) is 8.01. The number of amides is 1. The van der Waals surface area contributed by atoms with Crippen LogP contribution in [0.3, 0.4) is 0 Å². The van der Waals surface area contributed by atoms with Crippen LogP contribution in [0.25, 0.3) is 0 Å². The van der Waals surface area contributed by atoms with Crippen molar-refractivity contribution in [3.05, 3.63) is 71.1 Å². The van der Waals surface area contributed by atoms with Crippen molar-refractivity contribution >= 4 is 33.2 Å². The van der Waals surface area contributed by atoms with E-state index in [0.29, 0.717) is 30.3 Å². The molecule has 1 aromatic heterocycles. The first-order valence-electron chi connectivity index (χ1n) is 10.3. The Morgan fingerprint density at radius 3 is 2.42 bits per heavy atom. The number of anilines is 1. The summed E-state index contributed by atoms with van der Waals surface area (Å²) in [5.41, 5.74) is 0.276. The molecule has 0 aliphatic heterocycles. The Bertz CT molecular complexity index is 1220. The minimum Gasteiger partial charge on any atom is -0.493 e. The summed E-state index contributed by atoms with van der Waals surface area (Å²) in [6.07, 6.45) is 0. The molecule has 1 heterocycles. The maximum absolute atomic E-state index is 12.8. The highest BCUT2D eigenvalue weighted by Crippen LogP contribution is 2.29. The van der Waals surface area contributed by atoms with Crippen LogP contribution < -0.4 is 14.8 Å².